The van der Waals surface area contributed by atoms with Gasteiger partial charge in [0.05, 0.1) is 46.0 Å². The smallest absolute Gasteiger partial charge is 0.434 e. The Bertz CT molecular complexity index is 3220. The molecule has 0 aliphatic carbocycles. The van der Waals surface area contributed by atoms with Gasteiger partial charge < -0.3 is 23.7 Å². The second-order valence-corrected chi connectivity index (χ2v) is 32.2. The molecular weight excluding hydrogens is 1460 g/mol. The standard InChI is InChI=1S/C14H17F3O2.2C14H28O2.C14H22.C12H15F3.C11H14F6O4.C10H14/c1-5-13(3,4)12(18)19-11-7-9(2)6-10(8-11)14(15,16)17;1-6-9-10-12(7-2)11-16-13(15)14(4,5)8-3;1-5-7-8-9-10-11-12-16-13(15)14(3,4)6-2;1-6-11(2)12-7-9-13(10-8-12)14(3,4)5;1-4-9(3)10-5-8(2)6-11(7-10)12(13,14)15;1-4-9(2,3)8(19)20-5-6(18)21-7(10(12,13)14)11(15,16)17;1-3-9(2)10-7-5-4-6-8-10/h6-8H,5H2,1-4H3;12H,6-11H2,1-5H3;5-12H2,1-4H3;7-11H,6H2,1-5H3;5-7,9H,4H2,1-3H3;7H,4-5H2,1-3H3;4-9H,3H2,1-2H3. The van der Waals surface area contributed by atoms with Gasteiger partial charge in [0.2, 0.25) is 0 Å². The topological polar surface area (TPSA) is 132 Å². The lowest BCUT2D eigenvalue weighted by Gasteiger charge is -2.23. The van der Waals surface area contributed by atoms with Crippen molar-refractivity contribution in [1.29, 1.82) is 0 Å². The number of rotatable bonds is 31. The molecule has 4 aromatic rings. The third-order valence-electron chi connectivity index (χ3n) is 19.8. The molecule has 0 aromatic heterocycles. The number of unbranched alkanes of at least 4 members (excludes halogenated alkanes) is 6. The van der Waals surface area contributed by atoms with Gasteiger partial charge in [-0.1, -0.05) is 228 Å². The maximum absolute atomic E-state index is 12.6. The van der Waals surface area contributed by atoms with Crippen molar-refractivity contribution in [3.63, 3.8) is 0 Å². The van der Waals surface area contributed by atoms with Crippen LogP contribution in [0.25, 0.3) is 0 Å². The Morgan fingerprint density at radius 2 is 0.775 bits per heavy atom. The first kappa shape index (κ1) is 109. The van der Waals surface area contributed by atoms with Crippen LogP contribution in [0.2, 0.25) is 0 Å². The fourth-order valence-electron chi connectivity index (χ4n) is 9.19. The number of ether oxygens (including phenoxy) is 5. The molecule has 4 aromatic carbocycles. The number of hydrogen-bond acceptors (Lipinski definition) is 10. The fourth-order valence-corrected chi connectivity index (χ4v) is 9.19. The molecule has 0 radical (unpaired) electrons. The summed E-state index contributed by atoms with van der Waals surface area (Å²) in [6, 6.07) is 27.2. The summed E-state index contributed by atoms with van der Waals surface area (Å²) < 4.78 is 172. The quantitative estimate of drug-likeness (QED) is 0.0158. The number of alkyl halides is 12. The van der Waals surface area contributed by atoms with Crippen molar-refractivity contribution < 1.29 is 100 Å². The zero-order valence-corrected chi connectivity index (χ0v) is 71.8. The molecule has 4 rings (SSSR count). The molecule has 10 nitrogen and oxygen atoms in total. The molecule has 4 unspecified atom stereocenters. The third kappa shape index (κ3) is 45.8. The first-order valence-corrected chi connectivity index (χ1v) is 39.5. The van der Waals surface area contributed by atoms with Crippen LogP contribution in [0, 0.1) is 41.4 Å². The van der Waals surface area contributed by atoms with Crippen molar-refractivity contribution in [2.45, 2.75) is 343 Å². The van der Waals surface area contributed by atoms with E-state index in [0.717, 1.165) is 49.8 Å². The Balaban J connectivity index is -0.00000124. The van der Waals surface area contributed by atoms with Gasteiger partial charge in [0.25, 0.3) is 6.10 Å². The molecule has 0 aliphatic heterocycles. The summed E-state index contributed by atoms with van der Waals surface area (Å²) in [5.74, 6) is -1.47. The number of carbonyl (C=O) groups excluding carboxylic acids is 5. The summed E-state index contributed by atoms with van der Waals surface area (Å²) in [5.41, 5.74) is 2.68. The average molecular weight is 1600 g/mol. The molecule has 638 valence electrons. The Kier molecular flexibility index (Phi) is 50.8. The largest absolute Gasteiger partial charge is 0.465 e. The highest BCUT2D eigenvalue weighted by atomic mass is 19.4. The lowest BCUT2D eigenvalue weighted by atomic mass is 9.85. The molecule has 0 bridgehead atoms. The van der Waals surface area contributed by atoms with Gasteiger partial charge in [-0.25, -0.2) is 4.79 Å². The van der Waals surface area contributed by atoms with Gasteiger partial charge in [-0.3, -0.25) is 19.2 Å². The summed E-state index contributed by atoms with van der Waals surface area (Å²) in [6.45, 7) is 50.8. The second kappa shape index (κ2) is 52.0. The Morgan fingerprint density at radius 1 is 0.387 bits per heavy atom. The van der Waals surface area contributed by atoms with Crippen LogP contribution in [0.4, 0.5) is 52.7 Å². The highest BCUT2D eigenvalue weighted by Crippen LogP contribution is 2.38. The minimum Gasteiger partial charge on any atom is -0.465 e. The number of halogens is 12. The monoisotopic (exact) mass is 1600 g/mol. The molecule has 111 heavy (non-hydrogen) atoms. The van der Waals surface area contributed by atoms with E-state index < -0.39 is 77.3 Å². The first-order valence-electron chi connectivity index (χ1n) is 39.5. The predicted octanol–water partition coefficient (Wildman–Crippen LogP) is 28.1. The van der Waals surface area contributed by atoms with E-state index in [4.69, 9.17) is 14.2 Å². The van der Waals surface area contributed by atoms with E-state index >= 15 is 0 Å². The normalized spacial score (nSPS) is 13.1. The van der Waals surface area contributed by atoms with Crippen LogP contribution in [-0.4, -0.2) is 68.1 Å². The maximum atomic E-state index is 12.6. The summed E-state index contributed by atoms with van der Waals surface area (Å²) >= 11 is 0. The van der Waals surface area contributed by atoms with Gasteiger partial charge in [0, 0.05) is 0 Å². The molecule has 0 heterocycles. The number of carbonyl (C=O) groups is 5. The fraction of sp³-hybridized carbons (Fsp3) is 0.674. The maximum Gasteiger partial charge on any atom is 0.434 e. The van der Waals surface area contributed by atoms with E-state index in [9.17, 15) is 76.7 Å². The van der Waals surface area contributed by atoms with Crippen molar-refractivity contribution in [3.05, 3.63) is 136 Å². The third-order valence-corrected chi connectivity index (χ3v) is 19.8. The molecule has 0 fully saturated rings. The molecule has 0 spiro atoms. The average Bonchev–Trinajstić information content (AvgIpc) is 0.836. The SMILES string of the molecule is CCC(C)(C)C(=O)OCC(=O)OC(C(F)(F)F)C(F)(F)F.CCC(C)(C)C(=O)Oc1cc(C)cc(C(F)(F)F)c1.CCC(C)c1cc(C)cc(C(F)(F)F)c1.CCC(C)c1ccc(C(C)(C)C)cc1.CCC(C)c1ccccc1.CCCCC(CC)COC(=O)C(C)(C)CC.CCCCCCCCOC(=O)C(C)(C)CC. The van der Waals surface area contributed by atoms with Crippen LogP contribution in [-0.2, 0) is 60.7 Å². The molecule has 0 aliphatic rings. The lowest BCUT2D eigenvalue weighted by molar-refractivity contribution is -0.313. The summed E-state index contributed by atoms with van der Waals surface area (Å²) in [4.78, 5) is 57.6. The molecular formula is C89H138F12O10. The van der Waals surface area contributed by atoms with Gasteiger partial charge >= 0.3 is 54.6 Å². The Hall–Kier alpha value is -6.61. The first-order chi connectivity index (χ1) is 50.9. The van der Waals surface area contributed by atoms with Gasteiger partial charge in [0.15, 0.2) is 6.61 Å². The van der Waals surface area contributed by atoms with E-state index in [1.807, 2.05) is 68.4 Å². The number of aryl methyl sites for hydroxylation is 2. The zero-order valence-electron chi connectivity index (χ0n) is 71.8. The van der Waals surface area contributed by atoms with Crippen molar-refractivity contribution in [2.24, 2.45) is 27.6 Å². The Labute approximate surface area is 659 Å². The number of esters is 5. The van der Waals surface area contributed by atoms with Crippen LogP contribution in [0.15, 0.2) is 91.0 Å². The van der Waals surface area contributed by atoms with Gasteiger partial charge in [-0.2, -0.15) is 52.7 Å². The van der Waals surface area contributed by atoms with Crippen LogP contribution in [0.3, 0.4) is 0 Å². The van der Waals surface area contributed by atoms with E-state index in [1.54, 1.807) is 27.7 Å². The van der Waals surface area contributed by atoms with E-state index in [1.165, 1.54) is 120 Å². The molecule has 0 N–H and O–H groups in total. The van der Waals surface area contributed by atoms with E-state index in [2.05, 4.69) is 133 Å². The molecule has 0 saturated heterocycles. The summed E-state index contributed by atoms with van der Waals surface area (Å²) in [7, 11) is 0. The summed E-state index contributed by atoms with van der Waals surface area (Å²) in [6.07, 6.45) is -6.67. The van der Waals surface area contributed by atoms with Gasteiger partial charge in [0.1, 0.15) is 5.75 Å². The van der Waals surface area contributed by atoms with Crippen molar-refractivity contribution in [3.8, 4) is 5.75 Å². The van der Waals surface area contributed by atoms with Crippen molar-refractivity contribution >= 4 is 29.8 Å². The van der Waals surface area contributed by atoms with E-state index in [0.29, 0.717) is 54.9 Å². The summed E-state index contributed by atoms with van der Waals surface area (Å²) in [5, 5.41) is 0. The van der Waals surface area contributed by atoms with Crippen LogP contribution in [0.1, 0.15) is 338 Å². The van der Waals surface area contributed by atoms with Gasteiger partial charge in [-0.05, 0) is 214 Å². The highest BCUT2D eigenvalue weighted by molar-refractivity contribution is 5.80. The number of benzene rings is 4. The molecule has 0 saturated carbocycles. The number of hydrogen-bond donors (Lipinski definition) is 0. The minimum atomic E-state index is -5.80. The van der Waals surface area contributed by atoms with Crippen LogP contribution in [0.5, 0.6) is 5.75 Å². The van der Waals surface area contributed by atoms with E-state index in [-0.39, 0.29) is 39.9 Å². The molecule has 4 atom stereocenters. The zero-order chi connectivity index (χ0) is 86.8. The molecule has 22 heteroatoms. The minimum absolute atomic E-state index is 0.0510. The molecule has 0 amide bonds. The highest BCUT2D eigenvalue weighted by Gasteiger charge is 2.60. The van der Waals surface area contributed by atoms with Crippen LogP contribution >= 0.6 is 0 Å². The van der Waals surface area contributed by atoms with Crippen molar-refractivity contribution in [1.82, 2.24) is 0 Å². The van der Waals surface area contributed by atoms with Gasteiger partial charge in [-0.15, -0.1) is 0 Å². The van der Waals surface area contributed by atoms with Crippen LogP contribution < -0.4 is 4.74 Å². The lowest BCUT2D eigenvalue weighted by Crippen LogP contribution is -2.46. The van der Waals surface area contributed by atoms with Crippen molar-refractivity contribution in [2.75, 3.05) is 19.8 Å². The predicted molar refractivity (Wildman–Crippen MR) is 424 cm³/mol. The second-order valence-electron chi connectivity index (χ2n) is 32.2. The Morgan fingerprint density at radius 3 is 1.18 bits per heavy atom.